The Balaban J connectivity index is 1.79. The van der Waals surface area contributed by atoms with Crippen LogP contribution in [-0.4, -0.2) is 45.7 Å². The molecule has 0 saturated carbocycles. The number of rotatable bonds is 1. The van der Waals surface area contributed by atoms with Crippen molar-refractivity contribution in [3.8, 4) is 11.5 Å². The summed E-state index contributed by atoms with van der Waals surface area (Å²) in [5.74, 6) is 1.02. The molecule has 4 rings (SSSR count). The molecule has 3 aliphatic rings. The lowest BCUT2D eigenvalue weighted by Crippen LogP contribution is -2.65. The van der Waals surface area contributed by atoms with Crippen LogP contribution in [0.2, 0.25) is 0 Å². The van der Waals surface area contributed by atoms with Gasteiger partial charge in [0.2, 0.25) is 6.79 Å². The molecule has 8 heteroatoms. The van der Waals surface area contributed by atoms with Crippen LogP contribution in [0, 0.1) is 5.92 Å². The number of benzene rings is 1. The Bertz CT molecular complexity index is 743. The van der Waals surface area contributed by atoms with E-state index in [1.54, 1.807) is 11.9 Å². The summed E-state index contributed by atoms with van der Waals surface area (Å²) < 4.78 is 10.8. The summed E-state index contributed by atoms with van der Waals surface area (Å²) >= 11 is 8.95. The van der Waals surface area contributed by atoms with Crippen molar-refractivity contribution in [2.24, 2.45) is 5.92 Å². The molecule has 2 amide bonds. The Hall–Kier alpha value is -1.54. The molecule has 4 atom stereocenters. The van der Waals surface area contributed by atoms with Crippen LogP contribution >= 0.6 is 25.3 Å². The molecule has 3 heterocycles. The van der Waals surface area contributed by atoms with Crippen LogP contribution < -0.4 is 9.47 Å². The number of hydrogen-bond donors (Lipinski definition) is 2. The van der Waals surface area contributed by atoms with Gasteiger partial charge in [-0.25, -0.2) is 0 Å². The van der Waals surface area contributed by atoms with E-state index in [0.717, 1.165) is 5.56 Å². The van der Waals surface area contributed by atoms with Gasteiger partial charge in [0.25, 0.3) is 11.8 Å². The standard InChI is InChI=1S/C16H18N2O4S2/c1-8-6-16(24)15(20)17(2)14(23)13(19)18(16)12(8)9-3-4-10-11(5-9)22-7-21-10/h3-5,8,12,14,23-24H,6-7H2,1-2H3. The number of hydrogen-bond acceptors (Lipinski definition) is 6. The van der Waals surface area contributed by atoms with Crippen LogP contribution in [0.5, 0.6) is 11.5 Å². The lowest BCUT2D eigenvalue weighted by molar-refractivity contribution is -0.158. The van der Waals surface area contributed by atoms with Gasteiger partial charge in [-0.3, -0.25) is 9.59 Å². The second-order valence-electron chi connectivity index (χ2n) is 6.55. The van der Waals surface area contributed by atoms with E-state index in [-0.39, 0.29) is 30.6 Å². The number of carbonyl (C=O) groups excluding carboxylic acids is 2. The van der Waals surface area contributed by atoms with Crippen molar-refractivity contribution >= 4 is 37.1 Å². The Morgan fingerprint density at radius 3 is 2.71 bits per heavy atom. The molecular weight excluding hydrogens is 348 g/mol. The van der Waals surface area contributed by atoms with Gasteiger partial charge in [-0.05, 0) is 30.0 Å². The number of amides is 2. The summed E-state index contributed by atoms with van der Waals surface area (Å²) in [6.45, 7) is 2.22. The molecule has 3 aliphatic heterocycles. The first-order valence-electron chi connectivity index (χ1n) is 7.75. The maximum absolute atomic E-state index is 12.9. The van der Waals surface area contributed by atoms with Crippen molar-refractivity contribution in [1.82, 2.24) is 9.80 Å². The van der Waals surface area contributed by atoms with E-state index in [4.69, 9.17) is 9.47 Å². The maximum atomic E-state index is 12.9. The molecule has 0 aliphatic carbocycles. The summed E-state index contributed by atoms with van der Waals surface area (Å²) in [5, 5.41) is -0.792. The number of nitrogens with zero attached hydrogens (tertiary/aromatic N) is 2. The number of ether oxygens (including phenoxy) is 2. The molecule has 4 unspecified atom stereocenters. The highest BCUT2D eigenvalue weighted by atomic mass is 32.1. The summed E-state index contributed by atoms with van der Waals surface area (Å²) in [6, 6.07) is 5.38. The van der Waals surface area contributed by atoms with E-state index in [1.807, 2.05) is 25.1 Å². The summed E-state index contributed by atoms with van der Waals surface area (Å²) in [6.07, 6.45) is 0.491. The van der Waals surface area contributed by atoms with E-state index in [9.17, 15) is 9.59 Å². The second-order valence-corrected chi connectivity index (χ2v) is 7.78. The number of likely N-dealkylation sites (N-methyl/N-ethyl adjacent to an activating group) is 1. The number of thiol groups is 2. The SMILES string of the molecule is CC1CC2(S)C(=O)N(C)C(S)C(=O)N2C1c1ccc2c(c1)OCO2. The third kappa shape index (κ3) is 1.99. The van der Waals surface area contributed by atoms with Gasteiger partial charge < -0.3 is 19.3 Å². The first-order chi connectivity index (χ1) is 11.3. The molecule has 0 radical (unpaired) electrons. The van der Waals surface area contributed by atoms with Crippen LogP contribution in [0.15, 0.2) is 18.2 Å². The molecule has 1 aromatic rings. The second kappa shape index (κ2) is 5.23. The molecule has 0 aromatic heterocycles. The normalized spacial score (nSPS) is 34.8. The molecule has 2 saturated heterocycles. The summed E-state index contributed by atoms with van der Waals surface area (Å²) in [7, 11) is 1.59. The fourth-order valence-electron chi connectivity index (χ4n) is 3.91. The topological polar surface area (TPSA) is 59.1 Å². The van der Waals surface area contributed by atoms with Gasteiger partial charge >= 0.3 is 0 Å². The Morgan fingerprint density at radius 2 is 1.96 bits per heavy atom. The third-order valence-corrected chi connectivity index (χ3v) is 6.21. The number of piperazine rings is 1. The van der Waals surface area contributed by atoms with E-state index < -0.39 is 10.2 Å². The zero-order chi connectivity index (χ0) is 17.2. The number of fused-ring (bicyclic) bond motifs is 2. The molecule has 1 aromatic carbocycles. The van der Waals surface area contributed by atoms with Crippen molar-refractivity contribution in [1.29, 1.82) is 0 Å². The monoisotopic (exact) mass is 366 g/mol. The highest BCUT2D eigenvalue weighted by Gasteiger charge is 2.60. The van der Waals surface area contributed by atoms with Crippen molar-refractivity contribution in [2.75, 3.05) is 13.8 Å². The van der Waals surface area contributed by atoms with Crippen LogP contribution in [-0.2, 0) is 9.59 Å². The minimum absolute atomic E-state index is 0.0720. The molecule has 6 nitrogen and oxygen atoms in total. The van der Waals surface area contributed by atoms with E-state index in [1.165, 1.54) is 4.90 Å². The van der Waals surface area contributed by atoms with Crippen molar-refractivity contribution in [3.63, 3.8) is 0 Å². The average Bonchev–Trinajstić information content (AvgIpc) is 3.12. The third-order valence-electron chi connectivity index (χ3n) is 5.05. The predicted molar refractivity (Wildman–Crippen MR) is 93.2 cm³/mol. The molecule has 0 bridgehead atoms. The van der Waals surface area contributed by atoms with E-state index in [2.05, 4.69) is 25.3 Å². The van der Waals surface area contributed by atoms with Crippen molar-refractivity contribution in [3.05, 3.63) is 23.8 Å². The lowest BCUT2D eigenvalue weighted by Gasteiger charge is -2.46. The van der Waals surface area contributed by atoms with Gasteiger partial charge in [-0.2, -0.15) is 0 Å². The van der Waals surface area contributed by atoms with Gasteiger partial charge in [0.15, 0.2) is 21.7 Å². The smallest absolute Gasteiger partial charge is 0.259 e. The van der Waals surface area contributed by atoms with Gasteiger partial charge in [0, 0.05) is 7.05 Å². The molecule has 2 fully saturated rings. The Morgan fingerprint density at radius 1 is 1.25 bits per heavy atom. The van der Waals surface area contributed by atoms with Gasteiger partial charge in [0.05, 0.1) is 6.04 Å². The largest absolute Gasteiger partial charge is 0.454 e. The molecule has 24 heavy (non-hydrogen) atoms. The highest BCUT2D eigenvalue weighted by molar-refractivity contribution is 7.83. The quantitative estimate of drug-likeness (QED) is 0.743. The molecular formula is C16H18N2O4S2. The average molecular weight is 366 g/mol. The van der Waals surface area contributed by atoms with Crippen LogP contribution in [0.3, 0.4) is 0 Å². The number of carbonyl (C=O) groups is 2. The first kappa shape index (κ1) is 16.0. The minimum Gasteiger partial charge on any atom is -0.454 e. The van der Waals surface area contributed by atoms with Gasteiger partial charge in [-0.15, -0.1) is 25.3 Å². The van der Waals surface area contributed by atoms with Gasteiger partial charge in [0.1, 0.15) is 0 Å². The predicted octanol–water partition coefficient (Wildman–Crippen LogP) is 1.68. The fraction of sp³-hybridized carbons (Fsp3) is 0.500. The zero-order valence-corrected chi connectivity index (χ0v) is 15.1. The van der Waals surface area contributed by atoms with Crippen LogP contribution in [0.4, 0.5) is 0 Å². The minimum atomic E-state index is -1.13. The zero-order valence-electron chi connectivity index (χ0n) is 13.3. The van der Waals surface area contributed by atoms with Crippen LogP contribution in [0.25, 0.3) is 0 Å². The summed E-state index contributed by atoms with van der Waals surface area (Å²) in [5.41, 5.74) is 0.911. The van der Waals surface area contributed by atoms with Crippen molar-refractivity contribution in [2.45, 2.75) is 29.6 Å². The molecule has 128 valence electrons. The first-order valence-corrected chi connectivity index (χ1v) is 8.71. The fourth-order valence-corrected chi connectivity index (χ4v) is 4.81. The Kier molecular flexibility index (Phi) is 3.47. The highest BCUT2D eigenvalue weighted by Crippen LogP contribution is 2.52. The molecule has 0 spiro atoms. The van der Waals surface area contributed by atoms with E-state index >= 15 is 0 Å². The Labute approximate surface area is 150 Å². The summed E-state index contributed by atoms with van der Waals surface area (Å²) in [4.78, 5) is 27.5. The van der Waals surface area contributed by atoms with E-state index in [0.29, 0.717) is 17.9 Å². The van der Waals surface area contributed by atoms with Crippen LogP contribution in [0.1, 0.15) is 24.9 Å². The van der Waals surface area contributed by atoms with Crippen molar-refractivity contribution < 1.29 is 19.1 Å². The maximum Gasteiger partial charge on any atom is 0.259 e. The lowest BCUT2D eigenvalue weighted by atomic mass is 9.94. The molecule has 0 N–H and O–H groups in total. The van der Waals surface area contributed by atoms with Gasteiger partial charge in [-0.1, -0.05) is 13.0 Å².